The number of benzene rings is 3. The van der Waals surface area contributed by atoms with Crippen LogP contribution in [0.4, 0.5) is 8.78 Å². The lowest BCUT2D eigenvalue weighted by atomic mass is 9.74. The summed E-state index contributed by atoms with van der Waals surface area (Å²) in [5.74, 6) is -2.89. The first kappa shape index (κ1) is 23.7. The van der Waals surface area contributed by atoms with Crippen molar-refractivity contribution in [1.29, 1.82) is 0 Å². The minimum absolute atomic E-state index is 0.169. The molecular formula is C26H23Cl2F2NO2. The molecule has 0 spiro atoms. The third-order valence-corrected chi connectivity index (χ3v) is 7.03. The van der Waals surface area contributed by atoms with Crippen LogP contribution in [-0.4, -0.2) is 31.1 Å². The van der Waals surface area contributed by atoms with Crippen molar-refractivity contribution in [2.24, 2.45) is 5.92 Å². The second-order valence-corrected chi connectivity index (χ2v) is 9.33. The van der Waals surface area contributed by atoms with Gasteiger partial charge in [-0.2, -0.15) is 0 Å². The molecule has 0 aromatic heterocycles. The lowest BCUT2D eigenvalue weighted by molar-refractivity contribution is -0.146. The molecule has 4 rings (SSSR count). The van der Waals surface area contributed by atoms with Gasteiger partial charge >= 0.3 is 5.97 Å². The molecule has 0 bridgehead atoms. The van der Waals surface area contributed by atoms with E-state index < -0.39 is 29.1 Å². The van der Waals surface area contributed by atoms with Crippen LogP contribution < -0.4 is 0 Å². The Kier molecular flexibility index (Phi) is 6.76. The van der Waals surface area contributed by atoms with Gasteiger partial charge in [-0.05, 0) is 60.0 Å². The van der Waals surface area contributed by atoms with Crippen LogP contribution in [0, 0.1) is 17.6 Å². The van der Waals surface area contributed by atoms with Gasteiger partial charge in [0.15, 0.2) is 0 Å². The smallest absolute Gasteiger partial charge is 0.313 e. The predicted octanol–water partition coefficient (Wildman–Crippen LogP) is 6.42. The maximum Gasteiger partial charge on any atom is 0.313 e. The van der Waals surface area contributed by atoms with Gasteiger partial charge in [-0.1, -0.05) is 47.5 Å². The number of ether oxygens (including phenoxy) is 1. The van der Waals surface area contributed by atoms with Gasteiger partial charge < -0.3 is 4.74 Å². The van der Waals surface area contributed by atoms with E-state index in [0.717, 1.165) is 17.2 Å². The fourth-order valence-electron chi connectivity index (χ4n) is 4.65. The van der Waals surface area contributed by atoms with E-state index in [0.29, 0.717) is 23.1 Å². The molecule has 1 aliphatic rings. The number of likely N-dealkylation sites (tertiary alicyclic amines) is 1. The van der Waals surface area contributed by atoms with Gasteiger partial charge in [-0.15, -0.1) is 0 Å². The molecule has 3 aromatic rings. The Bertz CT molecular complexity index is 1080. The number of nitrogens with zero attached hydrogens (tertiary/aromatic N) is 1. The first-order chi connectivity index (χ1) is 15.7. The summed E-state index contributed by atoms with van der Waals surface area (Å²) >= 11 is 12.2. The molecule has 1 heterocycles. The maximum atomic E-state index is 13.9. The van der Waals surface area contributed by atoms with Crippen LogP contribution in [0.3, 0.4) is 0 Å². The van der Waals surface area contributed by atoms with E-state index in [1.54, 1.807) is 0 Å². The molecule has 7 heteroatoms. The van der Waals surface area contributed by atoms with E-state index in [1.807, 2.05) is 48.5 Å². The fraction of sp³-hybridized carbons (Fsp3) is 0.269. The second kappa shape index (κ2) is 9.41. The SMILES string of the molecule is COC(=O)C(c1cc(F)cc(F)c1)C1CN(C(C)(c2ccc(Cl)cc2)c2ccc(Cl)cc2)C1. The Morgan fingerprint density at radius 3 is 1.82 bits per heavy atom. The summed E-state index contributed by atoms with van der Waals surface area (Å²) in [6, 6.07) is 18.5. The molecule has 0 saturated carbocycles. The highest BCUT2D eigenvalue weighted by Gasteiger charge is 2.47. The number of esters is 1. The van der Waals surface area contributed by atoms with Crippen LogP contribution in [0.25, 0.3) is 0 Å². The van der Waals surface area contributed by atoms with Gasteiger partial charge in [0.1, 0.15) is 11.6 Å². The molecule has 3 nitrogen and oxygen atoms in total. The van der Waals surface area contributed by atoms with Crippen molar-refractivity contribution >= 4 is 29.2 Å². The van der Waals surface area contributed by atoms with Gasteiger partial charge in [0.25, 0.3) is 0 Å². The number of carbonyl (C=O) groups is 1. The van der Waals surface area contributed by atoms with E-state index >= 15 is 0 Å². The zero-order valence-electron chi connectivity index (χ0n) is 18.2. The molecule has 1 aliphatic heterocycles. The number of hydrogen-bond acceptors (Lipinski definition) is 3. The van der Waals surface area contributed by atoms with Gasteiger partial charge in [-0.25, -0.2) is 8.78 Å². The van der Waals surface area contributed by atoms with Crippen LogP contribution in [0.15, 0.2) is 66.7 Å². The zero-order valence-corrected chi connectivity index (χ0v) is 19.7. The summed E-state index contributed by atoms with van der Waals surface area (Å²) in [6.07, 6.45) is 0. The van der Waals surface area contributed by atoms with Gasteiger partial charge in [0, 0.05) is 35.1 Å². The van der Waals surface area contributed by atoms with Gasteiger partial charge in [0.2, 0.25) is 0 Å². The minimum Gasteiger partial charge on any atom is -0.469 e. The van der Waals surface area contributed by atoms with E-state index in [4.69, 9.17) is 27.9 Å². The van der Waals surface area contributed by atoms with Crippen LogP contribution in [0.5, 0.6) is 0 Å². The summed E-state index contributed by atoms with van der Waals surface area (Å²) < 4.78 is 32.8. The highest BCUT2D eigenvalue weighted by atomic mass is 35.5. The largest absolute Gasteiger partial charge is 0.469 e. The molecule has 1 saturated heterocycles. The third-order valence-electron chi connectivity index (χ3n) is 6.53. The topological polar surface area (TPSA) is 29.5 Å². The molecule has 1 atom stereocenters. The monoisotopic (exact) mass is 489 g/mol. The highest BCUT2D eigenvalue weighted by molar-refractivity contribution is 6.30. The Hall–Kier alpha value is -2.47. The van der Waals surface area contributed by atoms with E-state index in [1.165, 1.54) is 19.2 Å². The van der Waals surface area contributed by atoms with E-state index in [-0.39, 0.29) is 11.5 Å². The molecule has 0 aliphatic carbocycles. The predicted molar refractivity (Wildman–Crippen MR) is 126 cm³/mol. The Balaban J connectivity index is 1.68. The van der Waals surface area contributed by atoms with Crippen molar-refractivity contribution in [1.82, 2.24) is 4.90 Å². The second-order valence-electron chi connectivity index (χ2n) is 8.45. The number of halogens is 4. The van der Waals surface area contributed by atoms with Crippen molar-refractivity contribution in [2.75, 3.05) is 20.2 Å². The summed E-state index contributed by atoms with van der Waals surface area (Å²) in [6.45, 7) is 3.16. The number of methoxy groups -OCH3 is 1. The Morgan fingerprint density at radius 2 is 1.39 bits per heavy atom. The summed E-state index contributed by atoms with van der Waals surface area (Å²) in [4.78, 5) is 14.9. The molecule has 3 aromatic carbocycles. The van der Waals surface area contributed by atoms with Crippen molar-refractivity contribution in [2.45, 2.75) is 18.4 Å². The minimum atomic E-state index is -0.767. The normalized spacial score (nSPS) is 15.7. The van der Waals surface area contributed by atoms with Crippen molar-refractivity contribution in [3.05, 3.63) is 105 Å². The first-order valence-corrected chi connectivity index (χ1v) is 11.3. The fourth-order valence-corrected chi connectivity index (χ4v) is 4.90. The van der Waals surface area contributed by atoms with Crippen molar-refractivity contribution < 1.29 is 18.3 Å². The average molecular weight is 490 g/mol. The van der Waals surface area contributed by atoms with Crippen LogP contribution in [0.2, 0.25) is 10.0 Å². The highest BCUT2D eigenvalue weighted by Crippen LogP contribution is 2.44. The molecule has 33 heavy (non-hydrogen) atoms. The molecule has 172 valence electrons. The van der Waals surface area contributed by atoms with Crippen molar-refractivity contribution in [3.63, 3.8) is 0 Å². The maximum absolute atomic E-state index is 13.9. The first-order valence-electron chi connectivity index (χ1n) is 10.5. The molecule has 0 N–H and O–H groups in total. The lowest BCUT2D eigenvalue weighted by Crippen LogP contribution is -2.59. The number of hydrogen-bond donors (Lipinski definition) is 0. The van der Waals surface area contributed by atoms with Crippen LogP contribution in [-0.2, 0) is 15.1 Å². The van der Waals surface area contributed by atoms with Crippen LogP contribution in [0.1, 0.15) is 29.5 Å². The molecule has 1 fully saturated rings. The lowest BCUT2D eigenvalue weighted by Gasteiger charge is -2.53. The standard InChI is InChI=1S/C26H23Cl2F2NO2/c1-26(18-3-7-20(27)8-4-18,19-5-9-21(28)10-6-19)31-14-17(15-31)24(25(32)33-2)16-11-22(29)13-23(30)12-16/h3-13,17,24H,14-15H2,1-2H3. The van der Waals surface area contributed by atoms with Gasteiger partial charge in [0.05, 0.1) is 18.6 Å². The summed E-state index contributed by atoms with van der Waals surface area (Å²) in [5, 5.41) is 1.27. The molecule has 0 amide bonds. The van der Waals surface area contributed by atoms with Gasteiger partial charge in [-0.3, -0.25) is 9.69 Å². The summed E-state index contributed by atoms with van der Waals surface area (Å²) in [5.41, 5.74) is 1.81. The summed E-state index contributed by atoms with van der Waals surface area (Å²) in [7, 11) is 1.28. The quantitative estimate of drug-likeness (QED) is 0.374. The van der Waals surface area contributed by atoms with Crippen LogP contribution >= 0.6 is 23.2 Å². The number of rotatable bonds is 6. The Labute approximate surface area is 201 Å². The average Bonchev–Trinajstić information content (AvgIpc) is 2.75. The Morgan fingerprint density at radius 1 is 0.939 bits per heavy atom. The van der Waals surface area contributed by atoms with E-state index in [9.17, 15) is 13.6 Å². The van der Waals surface area contributed by atoms with Crippen molar-refractivity contribution in [3.8, 4) is 0 Å². The third kappa shape index (κ3) is 4.63. The van der Waals surface area contributed by atoms with E-state index in [2.05, 4.69) is 11.8 Å². The number of carbonyl (C=O) groups excluding carboxylic acids is 1. The molecule has 1 unspecified atom stereocenters. The molecular weight excluding hydrogens is 467 g/mol. The molecule has 0 radical (unpaired) electrons. The zero-order chi connectivity index (χ0) is 23.8.